The zero-order valence-corrected chi connectivity index (χ0v) is 16.1. The van der Waals surface area contributed by atoms with Crippen LogP contribution in [0.5, 0.6) is 11.5 Å². The number of Topliss-reactive ketones (excluding diaryl/α,β-unsaturated/α-hetero) is 1. The number of anilines is 1. The lowest BCUT2D eigenvalue weighted by molar-refractivity contribution is -0.139. The summed E-state index contributed by atoms with van der Waals surface area (Å²) in [4.78, 5) is 51.3. The molecule has 3 rings (SSSR count). The number of carbonyl (C=O) groups is 4. The molecule has 1 aliphatic rings. The number of imide groups is 2. The van der Waals surface area contributed by atoms with Gasteiger partial charge in [0.05, 0.1) is 25.4 Å². The van der Waals surface area contributed by atoms with E-state index in [1.807, 2.05) is 6.92 Å². The molecule has 0 aromatic heterocycles. The Balaban J connectivity index is 1.87. The number of amides is 4. The summed E-state index contributed by atoms with van der Waals surface area (Å²) in [7, 11) is 0. The fourth-order valence-electron chi connectivity index (χ4n) is 2.91. The molecule has 1 saturated heterocycles. The standard InChI is InChI=1S/C21H20N2O6/c1-3-28-17-11-10-15(12-18(17)29-4-2)23-20(26)19(25)22(21(23)27)13-16(24)14-8-6-5-7-9-14/h5-12H,3-4,13H2,1-2H3. The molecule has 8 nitrogen and oxygen atoms in total. The maximum Gasteiger partial charge on any atom is 0.339 e. The van der Waals surface area contributed by atoms with Gasteiger partial charge in [0.2, 0.25) is 0 Å². The summed E-state index contributed by atoms with van der Waals surface area (Å²) in [6.45, 7) is 3.85. The number of urea groups is 1. The molecule has 0 bridgehead atoms. The van der Waals surface area contributed by atoms with E-state index < -0.39 is 30.2 Å². The number of carbonyl (C=O) groups excluding carboxylic acids is 4. The zero-order valence-electron chi connectivity index (χ0n) is 16.1. The first-order chi connectivity index (χ1) is 14.0. The number of hydrogen-bond donors (Lipinski definition) is 0. The van der Waals surface area contributed by atoms with E-state index in [-0.39, 0.29) is 5.69 Å². The number of rotatable bonds is 8. The van der Waals surface area contributed by atoms with E-state index in [1.54, 1.807) is 43.3 Å². The van der Waals surface area contributed by atoms with Gasteiger partial charge in [0, 0.05) is 11.6 Å². The third-order valence-corrected chi connectivity index (χ3v) is 4.24. The van der Waals surface area contributed by atoms with Crippen LogP contribution in [0.3, 0.4) is 0 Å². The monoisotopic (exact) mass is 396 g/mol. The van der Waals surface area contributed by atoms with Gasteiger partial charge in [-0.1, -0.05) is 30.3 Å². The number of nitrogens with zero attached hydrogens (tertiary/aromatic N) is 2. The van der Waals surface area contributed by atoms with Crippen LogP contribution in [0.25, 0.3) is 0 Å². The van der Waals surface area contributed by atoms with Crippen molar-refractivity contribution in [3.05, 3.63) is 54.1 Å². The van der Waals surface area contributed by atoms with Crippen molar-refractivity contribution in [2.75, 3.05) is 24.7 Å². The largest absolute Gasteiger partial charge is 0.490 e. The second-order valence-corrected chi connectivity index (χ2v) is 6.10. The van der Waals surface area contributed by atoms with Crippen molar-refractivity contribution in [3.8, 4) is 11.5 Å². The van der Waals surface area contributed by atoms with E-state index in [2.05, 4.69) is 0 Å². The second-order valence-electron chi connectivity index (χ2n) is 6.10. The summed E-state index contributed by atoms with van der Waals surface area (Å²) in [6, 6.07) is 11.9. The minimum atomic E-state index is -1.05. The van der Waals surface area contributed by atoms with Crippen LogP contribution >= 0.6 is 0 Å². The third-order valence-electron chi connectivity index (χ3n) is 4.24. The highest BCUT2D eigenvalue weighted by atomic mass is 16.5. The molecule has 150 valence electrons. The molecule has 8 heteroatoms. The third kappa shape index (κ3) is 3.96. The summed E-state index contributed by atoms with van der Waals surface area (Å²) < 4.78 is 11.0. The summed E-state index contributed by atoms with van der Waals surface area (Å²) in [5.41, 5.74) is 0.508. The molecule has 0 spiro atoms. The predicted molar refractivity (Wildman–Crippen MR) is 104 cm³/mol. The van der Waals surface area contributed by atoms with Crippen molar-refractivity contribution < 1.29 is 28.7 Å². The zero-order chi connectivity index (χ0) is 21.0. The van der Waals surface area contributed by atoms with Gasteiger partial charge in [-0.25, -0.2) is 14.6 Å². The highest BCUT2D eigenvalue weighted by molar-refractivity contribution is 6.53. The molecular weight excluding hydrogens is 376 g/mol. The van der Waals surface area contributed by atoms with Gasteiger partial charge in [0.25, 0.3) is 0 Å². The number of benzene rings is 2. The molecule has 0 aliphatic carbocycles. The van der Waals surface area contributed by atoms with E-state index in [4.69, 9.17) is 9.47 Å². The summed E-state index contributed by atoms with van der Waals surface area (Å²) >= 11 is 0. The molecular formula is C21H20N2O6. The average Bonchev–Trinajstić information content (AvgIpc) is 2.93. The maximum absolute atomic E-state index is 12.8. The lowest BCUT2D eigenvalue weighted by atomic mass is 10.1. The van der Waals surface area contributed by atoms with Crippen molar-refractivity contribution in [1.82, 2.24) is 4.90 Å². The minimum absolute atomic E-state index is 0.162. The topological polar surface area (TPSA) is 93.2 Å². The number of ether oxygens (including phenoxy) is 2. The molecule has 0 N–H and O–H groups in total. The molecule has 0 atom stereocenters. The number of hydrogen-bond acceptors (Lipinski definition) is 6. The highest BCUT2D eigenvalue weighted by Gasteiger charge is 2.46. The molecule has 4 amide bonds. The molecule has 0 saturated carbocycles. The van der Waals surface area contributed by atoms with Gasteiger partial charge in [0.1, 0.15) is 0 Å². The first kappa shape index (κ1) is 20.1. The van der Waals surface area contributed by atoms with Crippen molar-refractivity contribution in [2.45, 2.75) is 13.8 Å². The van der Waals surface area contributed by atoms with Crippen LogP contribution in [-0.4, -0.2) is 48.3 Å². The molecule has 1 aliphatic heterocycles. The fraction of sp³-hybridized carbons (Fsp3) is 0.238. The molecule has 29 heavy (non-hydrogen) atoms. The summed E-state index contributed by atoms with van der Waals surface area (Å²) in [5, 5.41) is 0. The Morgan fingerprint density at radius 2 is 1.52 bits per heavy atom. The molecule has 0 unspecified atom stereocenters. The first-order valence-electron chi connectivity index (χ1n) is 9.15. The summed E-state index contributed by atoms with van der Waals surface area (Å²) in [5.74, 6) is -1.71. The van der Waals surface area contributed by atoms with E-state index in [0.29, 0.717) is 35.2 Å². The van der Waals surface area contributed by atoms with Gasteiger partial charge < -0.3 is 9.47 Å². The van der Waals surface area contributed by atoms with Crippen molar-refractivity contribution in [1.29, 1.82) is 0 Å². The quantitative estimate of drug-likeness (QED) is 0.387. The Morgan fingerprint density at radius 1 is 0.862 bits per heavy atom. The average molecular weight is 396 g/mol. The van der Waals surface area contributed by atoms with E-state index >= 15 is 0 Å². The van der Waals surface area contributed by atoms with Gasteiger partial charge in [-0.15, -0.1) is 0 Å². The Morgan fingerprint density at radius 3 is 2.17 bits per heavy atom. The Bertz CT molecular complexity index is 957. The molecule has 1 fully saturated rings. The minimum Gasteiger partial charge on any atom is -0.490 e. The van der Waals surface area contributed by atoms with E-state index in [9.17, 15) is 19.2 Å². The van der Waals surface area contributed by atoms with Crippen LogP contribution in [-0.2, 0) is 9.59 Å². The van der Waals surface area contributed by atoms with E-state index in [1.165, 1.54) is 12.1 Å². The SMILES string of the molecule is CCOc1ccc(N2C(=O)C(=O)N(CC(=O)c3ccccc3)C2=O)cc1OCC. The van der Waals surface area contributed by atoms with Gasteiger partial charge >= 0.3 is 17.8 Å². The first-order valence-corrected chi connectivity index (χ1v) is 9.15. The van der Waals surface area contributed by atoms with Crippen molar-refractivity contribution in [3.63, 3.8) is 0 Å². The Labute approximate surface area is 167 Å². The lowest BCUT2D eigenvalue weighted by Gasteiger charge is -2.17. The Hall–Kier alpha value is -3.68. The van der Waals surface area contributed by atoms with Gasteiger partial charge in [-0.2, -0.15) is 0 Å². The van der Waals surface area contributed by atoms with Crippen molar-refractivity contribution >= 4 is 29.3 Å². The van der Waals surface area contributed by atoms with Gasteiger partial charge in [-0.3, -0.25) is 14.4 Å². The molecule has 2 aromatic rings. The maximum atomic E-state index is 12.8. The molecule has 2 aromatic carbocycles. The number of ketones is 1. The van der Waals surface area contributed by atoms with Crippen LogP contribution in [0.4, 0.5) is 10.5 Å². The molecule has 0 radical (unpaired) electrons. The van der Waals surface area contributed by atoms with Crippen LogP contribution in [0.15, 0.2) is 48.5 Å². The smallest absolute Gasteiger partial charge is 0.339 e. The van der Waals surface area contributed by atoms with Gasteiger partial charge in [-0.05, 0) is 26.0 Å². The lowest BCUT2D eigenvalue weighted by Crippen LogP contribution is -2.37. The van der Waals surface area contributed by atoms with Crippen LogP contribution in [0.2, 0.25) is 0 Å². The Kier molecular flexibility index (Phi) is 5.92. The van der Waals surface area contributed by atoms with Crippen LogP contribution < -0.4 is 14.4 Å². The normalized spacial score (nSPS) is 13.8. The van der Waals surface area contributed by atoms with Crippen LogP contribution in [0.1, 0.15) is 24.2 Å². The molecule has 1 heterocycles. The van der Waals surface area contributed by atoms with Crippen LogP contribution in [0, 0.1) is 0 Å². The van der Waals surface area contributed by atoms with E-state index in [0.717, 1.165) is 4.90 Å². The highest BCUT2D eigenvalue weighted by Crippen LogP contribution is 2.34. The summed E-state index contributed by atoms with van der Waals surface area (Å²) in [6.07, 6.45) is 0. The fourth-order valence-corrected chi connectivity index (χ4v) is 2.91. The van der Waals surface area contributed by atoms with Gasteiger partial charge in [0.15, 0.2) is 17.3 Å². The second kappa shape index (κ2) is 8.55. The van der Waals surface area contributed by atoms with Crippen molar-refractivity contribution in [2.24, 2.45) is 0 Å². The predicted octanol–water partition coefficient (Wildman–Crippen LogP) is 2.66.